The summed E-state index contributed by atoms with van der Waals surface area (Å²) in [4.78, 5) is 0.118. The van der Waals surface area contributed by atoms with Crippen LogP contribution in [-0.4, -0.2) is 30.9 Å². The SMILES string of the molecule is CC(C1CC1)N(C)S(=O)(=O)c1ccc(O)c(N)c1. The van der Waals surface area contributed by atoms with Gasteiger partial charge in [0.1, 0.15) is 5.75 Å². The molecule has 0 aromatic heterocycles. The van der Waals surface area contributed by atoms with E-state index in [0.717, 1.165) is 12.8 Å². The van der Waals surface area contributed by atoms with Crippen LogP contribution in [-0.2, 0) is 10.0 Å². The minimum Gasteiger partial charge on any atom is -0.506 e. The molecular formula is C12H18N2O3S. The van der Waals surface area contributed by atoms with Gasteiger partial charge in [-0.2, -0.15) is 4.31 Å². The van der Waals surface area contributed by atoms with E-state index in [1.807, 2.05) is 6.92 Å². The smallest absolute Gasteiger partial charge is 0.243 e. The molecule has 1 aromatic carbocycles. The highest BCUT2D eigenvalue weighted by atomic mass is 32.2. The number of hydrogen-bond acceptors (Lipinski definition) is 4. The van der Waals surface area contributed by atoms with Crippen molar-refractivity contribution >= 4 is 15.7 Å². The molecule has 6 heteroatoms. The number of phenolic OH excluding ortho intramolecular Hbond substituents is 1. The van der Waals surface area contributed by atoms with Gasteiger partial charge in [-0.3, -0.25) is 0 Å². The summed E-state index contributed by atoms with van der Waals surface area (Å²) in [5.74, 6) is 0.353. The predicted octanol–water partition coefficient (Wildman–Crippen LogP) is 1.39. The molecule has 1 aliphatic carbocycles. The Morgan fingerprint density at radius 3 is 2.56 bits per heavy atom. The van der Waals surface area contributed by atoms with Crippen LogP contribution < -0.4 is 5.73 Å². The number of sulfonamides is 1. The van der Waals surface area contributed by atoms with E-state index in [1.54, 1.807) is 7.05 Å². The Morgan fingerprint density at radius 2 is 2.06 bits per heavy atom. The Morgan fingerprint density at radius 1 is 1.44 bits per heavy atom. The van der Waals surface area contributed by atoms with Crippen molar-refractivity contribution < 1.29 is 13.5 Å². The van der Waals surface area contributed by atoms with E-state index in [-0.39, 0.29) is 22.4 Å². The van der Waals surface area contributed by atoms with Gasteiger partial charge in [0, 0.05) is 13.1 Å². The number of anilines is 1. The predicted molar refractivity (Wildman–Crippen MR) is 69.7 cm³/mol. The standard InChI is InChI=1S/C12H18N2O3S/c1-8(9-3-4-9)14(2)18(16,17)10-5-6-12(15)11(13)7-10/h5-9,15H,3-4,13H2,1-2H3. The van der Waals surface area contributed by atoms with E-state index >= 15 is 0 Å². The van der Waals surface area contributed by atoms with E-state index in [1.165, 1.54) is 22.5 Å². The molecule has 2 rings (SSSR count). The van der Waals surface area contributed by atoms with Crippen molar-refractivity contribution in [2.75, 3.05) is 12.8 Å². The highest BCUT2D eigenvalue weighted by molar-refractivity contribution is 7.89. The van der Waals surface area contributed by atoms with E-state index in [2.05, 4.69) is 0 Å². The number of benzene rings is 1. The molecule has 1 saturated carbocycles. The second kappa shape index (κ2) is 4.44. The fourth-order valence-corrected chi connectivity index (χ4v) is 3.41. The largest absolute Gasteiger partial charge is 0.506 e. The van der Waals surface area contributed by atoms with Crippen LogP contribution in [0.25, 0.3) is 0 Å². The summed E-state index contributed by atoms with van der Waals surface area (Å²) in [6.07, 6.45) is 2.16. The molecule has 1 aliphatic rings. The van der Waals surface area contributed by atoms with Crippen LogP contribution in [0.15, 0.2) is 23.1 Å². The van der Waals surface area contributed by atoms with Gasteiger partial charge in [0.05, 0.1) is 10.6 Å². The topological polar surface area (TPSA) is 83.6 Å². The molecule has 1 unspecified atom stereocenters. The molecule has 0 bridgehead atoms. The average Bonchev–Trinajstić information content (AvgIpc) is 3.14. The number of hydrogen-bond donors (Lipinski definition) is 2. The van der Waals surface area contributed by atoms with Crippen molar-refractivity contribution in [2.45, 2.75) is 30.7 Å². The van der Waals surface area contributed by atoms with Gasteiger partial charge in [0.15, 0.2) is 0 Å². The maximum atomic E-state index is 12.4. The van der Waals surface area contributed by atoms with Crippen molar-refractivity contribution in [1.82, 2.24) is 4.31 Å². The Labute approximate surface area is 107 Å². The van der Waals surface area contributed by atoms with Gasteiger partial charge in [-0.1, -0.05) is 0 Å². The summed E-state index contributed by atoms with van der Waals surface area (Å²) in [7, 11) is -1.96. The third-order valence-corrected chi connectivity index (χ3v) is 5.49. The number of nitrogens with two attached hydrogens (primary N) is 1. The van der Waals surface area contributed by atoms with Gasteiger partial charge in [-0.15, -0.1) is 0 Å². The van der Waals surface area contributed by atoms with Gasteiger partial charge in [-0.05, 0) is 43.9 Å². The van der Waals surface area contributed by atoms with Gasteiger partial charge >= 0.3 is 0 Å². The summed E-state index contributed by atoms with van der Waals surface area (Å²) in [6, 6.07) is 3.96. The molecule has 0 radical (unpaired) electrons. The summed E-state index contributed by atoms with van der Waals surface area (Å²) in [6.45, 7) is 1.92. The van der Waals surface area contributed by atoms with Gasteiger partial charge < -0.3 is 10.8 Å². The number of nitrogens with zero attached hydrogens (tertiary/aromatic N) is 1. The lowest BCUT2D eigenvalue weighted by atomic mass is 10.2. The monoisotopic (exact) mass is 270 g/mol. The van der Waals surface area contributed by atoms with Crippen molar-refractivity contribution in [3.05, 3.63) is 18.2 Å². The minimum absolute atomic E-state index is 0.00923. The summed E-state index contributed by atoms with van der Waals surface area (Å²) >= 11 is 0. The first-order valence-electron chi connectivity index (χ1n) is 5.90. The van der Waals surface area contributed by atoms with Crippen LogP contribution in [0.5, 0.6) is 5.75 Å². The highest BCUT2D eigenvalue weighted by Crippen LogP contribution is 2.36. The maximum absolute atomic E-state index is 12.4. The molecule has 0 aliphatic heterocycles. The molecule has 0 spiro atoms. The Bertz CT molecular complexity index is 552. The molecular weight excluding hydrogens is 252 g/mol. The molecule has 0 heterocycles. The number of rotatable bonds is 4. The summed E-state index contributed by atoms with van der Waals surface area (Å²) < 4.78 is 26.1. The molecule has 0 amide bonds. The fraction of sp³-hybridized carbons (Fsp3) is 0.500. The second-order valence-electron chi connectivity index (χ2n) is 4.82. The van der Waals surface area contributed by atoms with E-state index in [4.69, 9.17) is 5.73 Å². The van der Waals surface area contributed by atoms with Crippen LogP contribution in [0.2, 0.25) is 0 Å². The van der Waals surface area contributed by atoms with E-state index < -0.39 is 10.0 Å². The first-order valence-corrected chi connectivity index (χ1v) is 7.34. The first kappa shape index (κ1) is 13.2. The summed E-state index contributed by atoms with van der Waals surface area (Å²) in [5, 5.41) is 9.32. The zero-order valence-corrected chi connectivity index (χ0v) is 11.3. The van der Waals surface area contributed by atoms with Gasteiger partial charge in [0.2, 0.25) is 10.0 Å². The van der Waals surface area contributed by atoms with Crippen LogP contribution in [0, 0.1) is 5.92 Å². The molecule has 3 N–H and O–H groups in total. The first-order chi connectivity index (χ1) is 8.34. The van der Waals surface area contributed by atoms with E-state index in [0.29, 0.717) is 5.92 Å². The number of phenols is 1. The van der Waals surface area contributed by atoms with Gasteiger partial charge in [0.25, 0.3) is 0 Å². The Hall–Kier alpha value is -1.27. The quantitative estimate of drug-likeness (QED) is 0.639. The third-order valence-electron chi connectivity index (χ3n) is 3.55. The Balaban J connectivity index is 2.31. The lowest BCUT2D eigenvalue weighted by Gasteiger charge is -2.24. The molecule has 1 fully saturated rings. The fourth-order valence-electron chi connectivity index (χ4n) is 1.95. The number of aromatic hydroxyl groups is 1. The normalized spacial score (nSPS) is 17.9. The number of nitrogen functional groups attached to an aromatic ring is 1. The van der Waals surface area contributed by atoms with Crippen LogP contribution in [0.3, 0.4) is 0 Å². The lowest BCUT2D eigenvalue weighted by Crippen LogP contribution is -2.36. The molecule has 5 nitrogen and oxygen atoms in total. The molecule has 100 valence electrons. The second-order valence-corrected chi connectivity index (χ2v) is 6.82. The van der Waals surface area contributed by atoms with Crippen molar-refractivity contribution in [3.8, 4) is 5.75 Å². The molecule has 1 aromatic rings. The molecule has 18 heavy (non-hydrogen) atoms. The maximum Gasteiger partial charge on any atom is 0.243 e. The summed E-state index contributed by atoms with van der Waals surface area (Å²) in [5.41, 5.74) is 5.61. The van der Waals surface area contributed by atoms with Crippen LogP contribution in [0.4, 0.5) is 5.69 Å². The van der Waals surface area contributed by atoms with Crippen LogP contribution in [0.1, 0.15) is 19.8 Å². The zero-order valence-electron chi connectivity index (χ0n) is 10.5. The molecule has 1 atom stereocenters. The minimum atomic E-state index is -3.54. The van der Waals surface area contributed by atoms with Crippen molar-refractivity contribution in [2.24, 2.45) is 5.92 Å². The third kappa shape index (κ3) is 2.30. The highest BCUT2D eigenvalue weighted by Gasteiger charge is 2.36. The van der Waals surface area contributed by atoms with Crippen LogP contribution >= 0.6 is 0 Å². The average molecular weight is 270 g/mol. The van der Waals surface area contributed by atoms with Crippen molar-refractivity contribution in [1.29, 1.82) is 0 Å². The Kier molecular flexibility index (Phi) is 3.25. The molecule has 0 saturated heterocycles. The van der Waals surface area contributed by atoms with E-state index in [9.17, 15) is 13.5 Å². The van der Waals surface area contributed by atoms with Gasteiger partial charge in [-0.25, -0.2) is 8.42 Å². The lowest BCUT2D eigenvalue weighted by molar-refractivity contribution is 0.357. The van der Waals surface area contributed by atoms with Crippen molar-refractivity contribution in [3.63, 3.8) is 0 Å². The zero-order chi connectivity index (χ0) is 13.5.